The van der Waals surface area contributed by atoms with E-state index < -0.39 is 20.5 Å². The van der Waals surface area contributed by atoms with E-state index in [1.165, 1.54) is 23.6 Å². The molecule has 0 aliphatic heterocycles. The van der Waals surface area contributed by atoms with E-state index in [2.05, 4.69) is 15.2 Å². The predicted octanol–water partition coefficient (Wildman–Crippen LogP) is 5.73. The van der Waals surface area contributed by atoms with Crippen molar-refractivity contribution in [2.75, 3.05) is 19.4 Å². The molecule has 1 fully saturated rings. The monoisotopic (exact) mass is 525 g/mol. The number of nitrogens with one attached hydrogen (secondary N) is 1. The maximum atomic E-state index is 15.0. The van der Waals surface area contributed by atoms with Gasteiger partial charge in [-0.05, 0) is 63.0 Å². The van der Waals surface area contributed by atoms with Crippen LogP contribution < -0.4 is 5.32 Å². The molecule has 3 atom stereocenters. The molecule has 1 N–H and O–H groups in total. The highest BCUT2D eigenvalue weighted by Crippen LogP contribution is 2.38. The molecule has 0 unspecified atom stereocenters. The van der Waals surface area contributed by atoms with Gasteiger partial charge in [0, 0.05) is 23.7 Å². The number of aromatic nitrogens is 1. The van der Waals surface area contributed by atoms with Crippen LogP contribution in [0.15, 0.2) is 52.9 Å². The molecule has 10 heteroatoms. The molecular formula is C24H26ClF2N3O2S2. The number of thiazole rings is 1. The Kier molecular flexibility index (Phi) is 7.57. The highest BCUT2D eigenvalue weighted by molar-refractivity contribution is 7.90. The Morgan fingerprint density at radius 3 is 2.62 bits per heavy atom. The molecule has 182 valence electrons. The van der Waals surface area contributed by atoms with Gasteiger partial charge < -0.3 is 10.2 Å². The maximum Gasteiger partial charge on any atom is 0.187 e. The molecule has 1 aliphatic carbocycles. The first-order valence-corrected chi connectivity index (χ1v) is 13.8. The Hall–Kier alpha value is -2.07. The lowest BCUT2D eigenvalue weighted by Gasteiger charge is -2.41. The Morgan fingerprint density at radius 1 is 1.18 bits per heavy atom. The van der Waals surface area contributed by atoms with E-state index in [1.807, 2.05) is 26.2 Å². The van der Waals surface area contributed by atoms with Crippen molar-refractivity contribution < 1.29 is 17.2 Å². The van der Waals surface area contributed by atoms with Gasteiger partial charge in [-0.2, -0.15) is 0 Å². The minimum atomic E-state index is -3.95. The van der Waals surface area contributed by atoms with Crippen molar-refractivity contribution in [3.63, 3.8) is 0 Å². The van der Waals surface area contributed by atoms with Gasteiger partial charge >= 0.3 is 0 Å². The number of hydrogen-bond donors (Lipinski definition) is 1. The standard InChI is InChI=1S/C24H26ClF2N3O2S2/c1-30(2)22-8-7-15(16-5-3-4-6-18(16)26)11-21(22)29-20-13-19(27)23(12-17(20)25)34(31,32)14-24-28-9-10-33-24/h3-6,9-10,12-13,15,21-22,29H,7-8,11,14H2,1-2H3/t15-,21+,22+/m1/s1. The summed E-state index contributed by atoms with van der Waals surface area (Å²) in [6, 6.07) is 9.05. The van der Waals surface area contributed by atoms with Gasteiger partial charge in [0.2, 0.25) is 0 Å². The van der Waals surface area contributed by atoms with Crippen LogP contribution in [0.4, 0.5) is 14.5 Å². The normalized spacial score (nSPS) is 21.1. The van der Waals surface area contributed by atoms with E-state index >= 15 is 4.39 Å². The first-order valence-electron chi connectivity index (χ1n) is 10.9. The lowest BCUT2D eigenvalue weighted by molar-refractivity contribution is 0.197. The van der Waals surface area contributed by atoms with E-state index in [9.17, 15) is 12.8 Å². The van der Waals surface area contributed by atoms with Crippen molar-refractivity contribution in [1.82, 2.24) is 9.88 Å². The minimum absolute atomic E-state index is 0.0106. The van der Waals surface area contributed by atoms with Gasteiger partial charge in [0.25, 0.3) is 0 Å². The average Bonchev–Trinajstić information content (AvgIpc) is 3.28. The highest BCUT2D eigenvalue weighted by Gasteiger charge is 2.34. The Morgan fingerprint density at radius 2 is 1.94 bits per heavy atom. The summed E-state index contributed by atoms with van der Waals surface area (Å²) in [5.74, 6) is -1.48. The molecule has 1 heterocycles. The molecule has 5 nitrogen and oxygen atoms in total. The fraction of sp³-hybridized carbons (Fsp3) is 0.375. The van der Waals surface area contributed by atoms with Crippen LogP contribution in [-0.2, 0) is 15.6 Å². The first-order chi connectivity index (χ1) is 16.2. The second kappa shape index (κ2) is 10.3. The van der Waals surface area contributed by atoms with Crippen molar-refractivity contribution in [1.29, 1.82) is 0 Å². The Balaban J connectivity index is 1.59. The zero-order chi connectivity index (χ0) is 24.5. The molecule has 1 aromatic heterocycles. The molecule has 0 amide bonds. The SMILES string of the molecule is CN(C)[C@H]1CC[C@@H](c2ccccc2F)C[C@@H]1Nc1cc(F)c(S(=O)(=O)Cc2nccs2)cc1Cl. The van der Waals surface area contributed by atoms with Crippen molar-refractivity contribution in [3.8, 4) is 0 Å². The van der Waals surface area contributed by atoms with E-state index in [1.54, 1.807) is 11.4 Å². The van der Waals surface area contributed by atoms with E-state index in [0.29, 0.717) is 22.7 Å². The maximum absolute atomic E-state index is 15.0. The van der Waals surface area contributed by atoms with Gasteiger partial charge in [0.05, 0.1) is 10.7 Å². The molecule has 1 saturated carbocycles. The number of anilines is 1. The van der Waals surface area contributed by atoms with Crippen LogP contribution in [0.2, 0.25) is 5.02 Å². The molecule has 0 saturated heterocycles. The van der Waals surface area contributed by atoms with E-state index in [0.717, 1.165) is 25.0 Å². The number of hydrogen-bond acceptors (Lipinski definition) is 6. The second-order valence-electron chi connectivity index (χ2n) is 8.76. The largest absolute Gasteiger partial charge is 0.379 e. The zero-order valence-electron chi connectivity index (χ0n) is 18.8. The van der Waals surface area contributed by atoms with Gasteiger partial charge in [-0.15, -0.1) is 11.3 Å². The Bertz CT molecular complexity index is 1250. The smallest absolute Gasteiger partial charge is 0.187 e. The topological polar surface area (TPSA) is 62.3 Å². The second-order valence-corrected chi connectivity index (χ2v) is 12.1. The quantitative estimate of drug-likeness (QED) is 0.427. The molecule has 1 aliphatic rings. The Labute approximate surface area is 207 Å². The summed E-state index contributed by atoms with van der Waals surface area (Å²) in [6.45, 7) is 0. The molecule has 4 rings (SSSR count). The van der Waals surface area contributed by atoms with Crippen LogP contribution in [-0.4, -0.2) is 44.5 Å². The van der Waals surface area contributed by atoms with Crippen LogP contribution in [0.25, 0.3) is 0 Å². The molecule has 0 spiro atoms. The lowest BCUT2D eigenvalue weighted by atomic mass is 9.78. The number of sulfone groups is 1. The van der Waals surface area contributed by atoms with Crippen LogP contribution in [0, 0.1) is 11.6 Å². The van der Waals surface area contributed by atoms with Gasteiger partial charge in [0.15, 0.2) is 9.84 Å². The van der Waals surface area contributed by atoms with E-state index in [-0.39, 0.29) is 34.6 Å². The third kappa shape index (κ3) is 5.43. The fourth-order valence-corrected chi connectivity index (χ4v) is 7.29. The number of halogens is 3. The summed E-state index contributed by atoms with van der Waals surface area (Å²) in [5, 5.41) is 5.49. The summed E-state index contributed by atoms with van der Waals surface area (Å²) in [7, 11) is -0.00628. The van der Waals surface area contributed by atoms with Gasteiger partial charge in [0.1, 0.15) is 27.3 Å². The average molecular weight is 526 g/mol. The molecule has 2 aromatic carbocycles. The van der Waals surface area contributed by atoms with Crippen LogP contribution >= 0.6 is 22.9 Å². The van der Waals surface area contributed by atoms with Crippen molar-refractivity contribution in [2.24, 2.45) is 0 Å². The summed E-state index contributed by atoms with van der Waals surface area (Å²) in [6.07, 6.45) is 3.79. The van der Waals surface area contributed by atoms with Crippen LogP contribution in [0.3, 0.4) is 0 Å². The molecule has 0 bridgehead atoms. The summed E-state index contributed by atoms with van der Waals surface area (Å²) in [4.78, 5) is 5.62. The van der Waals surface area contributed by atoms with Crippen molar-refractivity contribution >= 4 is 38.5 Å². The fourth-order valence-electron chi connectivity index (χ4n) is 4.66. The summed E-state index contributed by atoms with van der Waals surface area (Å²) < 4.78 is 54.9. The highest BCUT2D eigenvalue weighted by atomic mass is 35.5. The van der Waals surface area contributed by atoms with Gasteiger partial charge in [-0.1, -0.05) is 29.8 Å². The van der Waals surface area contributed by atoms with E-state index in [4.69, 9.17) is 11.6 Å². The third-order valence-corrected chi connectivity index (χ3v) is 9.23. The van der Waals surface area contributed by atoms with Crippen molar-refractivity contribution in [3.05, 3.63) is 75.2 Å². The minimum Gasteiger partial charge on any atom is -0.379 e. The van der Waals surface area contributed by atoms with Gasteiger partial charge in [-0.3, -0.25) is 0 Å². The first kappa shape index (κ1) is 25.0. The van der Waals surface area contributed by atoms with Crippen molar-refractivity contribution in [2.45, 2.75) is 47.9 Å². The summed E-state index contributed by atoms with van der Waals surface area (Å²) in [5.41, 5.74) is 0.991. The molecule has 0 radical (unpaired) electrons. The van der Waals surface area contributed by atoms with Crippen LogP contribution in [0.1, 0.15) is 35.8 Å². The van der Waals surface area contributed by atoms with Gasteiger partial charge in [-0.25, -0.2) is 22.2 Å². The molecule has 3 aromatic rings. The van der Waals surface area contributed by atoms with Crippen LogP contribution in [0.5, 0.6) is 0 Å². The number of rotatable bonds is 7. The molecular weight excluding hydrogens is 500 g/mol. The molecule has 34 heavy (non-hydrogen) atoms. The number of likely N-dealkylation sites (N-methyl/N-ethyl adjacent to an activating group) is 1. The zero-order valence-corrected chi connectivity index (χ0v) is 21.2. The third-order valence-electron chi connectivity index (χ3n) is 6.32. The summed E-state index contributed by atoms with van der Waals surface area (Å²) >= 11 is 7.63. The number of nitrogens with zero attached hydrogens (tertiary/aromatic N) is 2. The lowest BCUT2D eigenvalue weighted by Crippen LogP contribution is -2.47. The predicted molar refractivity (Wildman–Crippen MR) is 132 cm³/mol. The number of benzene rings is 2.